The smallest absolute Gasteiger partial charge is 0.0826 e. The molecule has 0 aliphatic rings. The third-order valence-corrected chi connectivity index (χ3v) is 2.44. The van der Waals surface area contributed by atoms with E-state index in [1.54, 1.807) is 14.2 Å². The van der Waals surface area contributed by atoms with E-state index < -0.39 is 0 Å². The van der Waals surface area contributed by atoms with Crippen molar-refractivity contribution in [2.75, 3.05) is 20.8 Å². The molecule has 1 aromatic heterocycles. The lowest BCUT2D eigenvalue weighted by Gasteiger charge is -2.09. The molecule has 0 amide bonds. The molecular formula is C10H18N2O2. The topological polar surface area (TPSA) is 36.3 Å². The Kier molecular flexibility index (Phi) is 4.10. The third kappa shape index (κ3) is 2.33. The van der Waals surface area contributed by atoms with Crippen LogP contribution in [-0.2, 0) is 16.0 Å². The van der Waals surface area contributed by atoms with Gasteiger partial charge in [0.05, 0.1) is 25.5 Å². The summed E-state index contributed by atoms with van der Waals surface area (Å²) in [6.45, 7) is 5.54. The normalized spacial score (nSPS) is 13.1. The Bertz CT molecular complexity index is 284. The highest BCUT2D eigenvalue weighted by Crippen LogP contribution is 2.19. The highest BCUT2D eigenvalue weighted by molar-refractivity contribution is 5.18. The van der Waals surface area contributed by atoms with Crippen molar-refractivity contribution in [1.82, 2.24) is 9.78 Å². The van der Waals surface area contributed by atoms with Crippen molar-refractivity contribution in [3.05, 3.63) is 17.5 Å². The van der Waals surface area contributed by atoms with Crippen LogP contribution >= 0.6 is 0 Å². The molecule has 0 aromatic carbocycles. The first-order valence-electron chi connectivity index (χ1n) is 4.74. The summed E-state index contributed by atoms with van der Waals surface area (Å²) < 4.78 is 12.2. The summed E-state index contributed by atoms with van der Waals surface area (Å²) in [5.74, 6) is 0. The number of ether oxygens (including phenoxy) is 2. The highest BCUT2D eigenvalue weighted by Gasteiger charge is 2.11. The largest absolute Gasteiger partial charge is 0.383 e. The van der Waals surface area contributed by atoms with Crippen molar-refractivity contribution in [3.63, 3.8) is 0 Å². The molecule has 1 rings (SSSR count). The maximum absolute atomic E-state index is 5.25. The van der Waals surface area contributed by atoms with E-state index in [9.17, 15) is 0 Å². The zero-order valence-electron chi connectivity index (χ0n) is 9.28. The molecule has 80 valence electrons. The van der Waals surface area contributed by atoms with Crippen LogP contribution in [0.25, 0.3) is 0 Å². The van der Waals surface area contributed by atoms with Gasteiger partial charge in [-0.25, -0.2) is 0 Å². The molecule has 0 saturated heterocycles. The van der Waals surface area contributed by atoms with Crippen molar-refractivity contribution >= 4 is 0 Å². The molecule has 0 radical (unpaired) electrons. The van der Waals surface area contributed by atoms with Crippen LogP contribution in [0.15, 0.2) is 6.20 Å². The van der Waals surface area contributed by atoms with E-state index in [1.807, 2.05) is 24.7 Å². The van der Waals surface area contributed by atoms with Crippen molar-refractivity contribution in [2.45, 2.75) is 26.5 Å². The molecule has 0 fully saturated rings. The molecule has 0 aliphatic carbocycles. The molecule has 1 unspecified atom stereocenters. The predicted octanol–water partition coefficient (Wildman–Crippen LogP) is 1.55. The number of hydrogen-bond donors (Lipinski definition) is 0. The van der Waals surface area contributed by atoms with Gasteiger partial charge >= 0.3 is 0 Å². The summed E-state index contributed by atoms with van der Waals surface area (Å²) in [7, 11) is 3.40. The molecule has 14 heavy (non-hydrogen) atoms. The monoisotopic (exact) mass is 198 g/mol. The zero-order chi connectivity index (χ0) is 10.6. The van der Waals surface area contributed by atoms with Gasteiger partial charge in [-0.05, 0) is 13.8 Å². The van der Waals surface area contributed by atoms with Gasteiger partial charge in [-0.15, -0.1) is 0 Å². The predicted molar refractivity (Wildman–Crippen MR) is 54.3 cm³/mol. The van der Waals surface area contributed by atoms with Crippen LogP contribution in [0, 0.1) is 6.92 Å². The summed E-state index contributed by atoms with van der Waals surface area (Å²) in [6.07, 6.45) is 1.96. The minimum absolute atomic E-state index is 0.103. The van der Waals surface area contributed by atoms with E-state index in [2.05, 4.69) is 5.10 Å². The van der Waals surface area contributed by atoms with Crippen molar-refractivity contribution in [1.29, 1.82) is 0 Å². The van der Waals surface area contributed by atoms with Gasteiger partial charge in [0.25, 0.3) is 0 Å². The maximum atomic E-state index is 5.25. The lowest BCUT2D eigenvalue weighted by atomic mass is 10.2. The van der Waals surface area contributed by atoms with Crippen molar-refractivity contribution in [3.8, 4) is 0 Å². The number of methoxy groups -OCH3 is 2. The van der Waals surface area contributed by atoms with Gasteiger partial charge in [0.15, 0.2) is 0 Å². The maximum Gasteiger partial charge on any atom is 0.0826 e. The summed E-state index contributed by atoms with van der Waals surface area (Å²) >= 11 is 0. The molecule has 0 bridgehead atoms. The first-order valence-corrected chi connectivity index (χ1v) is 4.74. The zero-order valence-corrected chi connectivity index (χ0v) is 9.28. The summed E-state index contributed by atoms with van der Waals surface area (Å²) in [5, 5.41) is 4.28. The van der Waals surface area contributed by atoms with E-state index in [4.69, 9.17) is 9.47 Å². The molecule has 0 saturated carbocycles. The minimum atomic E-state index is 0.103. The van der Waals surface area contributed by atoms with Crippen LogP contribution in [0.3, 0.4) is 0 Å². The van der Waals surface area contributed by atoms with E-state index in [-0.39, 0.29) is 6.10 Å². The molecule has 4 heteroatoms. The van der Waals surface area contributed by atoms with Gasteiger partial charge in [0, 0.05) is 25.5 Å². The lowest BCUT2D eigenvalue weighted by molar-refractivity contribution is 0.119. The Morgan fingerprint density at radius 3 is 2.79 bits per heavy atom. The lowest BCUT2D eigenvalue weighted by Crippen LogP contribution is -2.08. The fourth-order valence-electron chi connectivity index (χ4n) is 1.39. The Balaban J connectivity index is 2.74. The first kappa shape index (κ1) is 11.2. The number of aromatic nitrogens is 2. The highest BCUT2D eigenvalue weighted by atomic mass is 16.5. The van der Waals surface area contributed by atoms with Crippen molar-refractivity contribution < 1.29 is 9.47 Å². The Morgan fingerprint density at radius 2 is 2.21 bits per heavy atom. The van der Waals surface area contributed by atoms with Crippen LogP contribution in [0.2, 0.25) is 0 Å². The number of rotatable bonds is 5. The number of nitrogens with zero attached hydrogens (tertiary/aromatic N) is 2. The van der Waals surface area contributed by atoms with Crippen LogP contribution < -0.4 is 0 Å². The molecule has 4 nitrogen and oxygen atoms in total. The van der Waals surface area contributed by atoms with Gasteiger partial charge < -0.3 is 9.47 Å². The van der Waals surface area contributed by atoms with Crippen molar-refractivity contribution in [2.24, 2.45) is 0 Å². The fraction of sp³-hybridized carbons (Fsp3) is 0.700. The second-order valence-corrected chi connectivity index (χ2v) is 3.28. The summed E-state index contributed by atoms with van der Waals surface area (Å²) in [6, 6.07) is 0. The quantitative estimate of drug-likeness (QED) is 0.720. The Hall–Kier alpha value is -0.870. The van der Waals surface area contributed by atoms with E-state index in [0.29, 0.717) is 6.61 Å². The van der Waals surface area contributed by atoms with Gasteiger partial charge in [0.2, 0.25) is 0 Å². The van der Waals surface area contributed by atoms with Crippen LogP contribution in [-0.4, -0.2) is 30.6 Å². The number of hydrogen-bond acceptors (Lipinski definition) is 3. The standard InChI is InChI=1S/C10H18N2O2/c1-8-10(9(2)14-4)7-11-12(8)5-6-13-3/h7,9H,5-6H2,1-4H3. The minimum Gasteiger partial charge on any atom is -0.383 e. The van der Waals surface area contributed by atoms with Gasteiger partial charge in [-0.3, -0.25) is 4.68 Å². The molecule has 0 spiro atoms. The average molecular weight is 198 g/mol. The Morgan fingerprint density at radius 1 is 1.50 bits per heavy atom. The molecule has 0 N–H and O–H groups in total. The van der Waals surface area contributed by atoms with E-state index >= 15 is 0 Å². The van der Waals surface area contributed by atoms with E-state index in [1.165, 1.54) is 0 Å². The average Bonchev–Trinajstić information content (AvgIpc) is 2.56. The van der Waals surface area contributed by atoms with Gasteiger partial charge in [-0.2, -0.15) is 5.10 Å². The molecular weight excluding hydrogens is 180 g/mol. The fourth-order valence-corrected chi connectivity index (χ4v) is 1.39. The second-order valence-electron chi connectivity index (χ2n) is 3.28. The van der Waals surface area contributed by atoms with Gasteiger partial charge in [-0.1, -0.05) is 0 Å². The van der Waals surface area contributed by atoms with Crippen LogP contribution in [0.5, 0.6) is 0 Å². The third-order valence-electron chi connectivity index (χ3n) is 2.44. The molecule has 1 heterocycles. The molecule has 1 atom stereocenters. The van der Waals surface area contributed by atoms with E-state index in [0.717, 1.165) is 17.8 Å². The molecule has 0 aliphatic heterocycles. The first-order chi connectivity index (χ1) is 6.70. The Labute approximate surface area is 84.8 Å². The van der Waals surface area contributed by atoms with Crippen LogP contribution in [0.1, 0.15) is 24.3 Å². The SMILES string of the molecule is COCCn1ncc(C(C)OC)c1C. The van der Waals surface area contributed by atoms with Crippen LogP contribution in [0.4, 0.5) is 0 Å². The summed E-state index contributed by atoms with van der Waals surface area (Å²) in [4.78, 5) is 0. The summed E-state index contributed by atoms with van der Waals surface area (Å²) in [5.41, 5.74) is 2.29. The second kappa shape index (κ2) is 5.12. The van der Waals surface area contributed by atoms with Gasteiger partial charge in [0.1, 0.15) is 0 Å². The molecule has 1 aromatic rings.